The van der Waals surface area contributed by atoms with Gasteiger partial charge in [0, 0.05) is 13.1 Å². The Balaban J connectivity index is 2.58. The molecular weight excluding hydrogens is 160 g/mol. The lowest BCUT2D eigenvalue weighted by Crippen LogP contribution is -2.41. The van der Waals surface area contributed by atoms with Crippen LogP contribution in [0.1, 0.15) is 19.3 Å². The summed E-state index contributed by atoms with van der Waals surface area (Å²) >= 11 is 0. The predicted octanol–water partition coefficient (Wildman–Crippen LogP) is 0.238. The summed E-state index contributed by atoms with van der Waals surface area (Å²) in [6.45, 7) is 1.84. The zero-order valence-corrected chi connectivity index (χ0v) is 7.82. The van der Waals surface area contributed by atoms with Gasteiger partial charge in [0.2, 0.25) is 0 Å². The van der Waals surface area contributed by atoms with Gasteiger partial charge >= 0.3 is 0 Å². The van der Waals surface area contributed by atoms with Gasteiger partial charge in [-0.25, -0.2) is 13.2 Å². The average Bonchev–Trinajstić information content (AvgIpc) is 2.06. The Hall–Kier alpha value is -0.0600. The molecule has 0 aromatic heterocycles. The number of nitrogens with one attached hydrogen (secondary N) is 1. The molecule has 1 N–H and O–H groups in total. The van der Waals surface area contributed by atoms with E-state index in [1.54, 1.807) is 7.05 Å². The largest absolute Gasteiger partial charge is 0.237 e. The molecule has 0 amide bonds. The summed E-state index contributed by atoms with van der Waals surface area (Å²) in [5.41, 5.74) is 0. The first kappa shape index (κ1) is 9.03. The van der Waals surface area contributed by atoms with Crippen molar-refractivity contribution in [2.45, 2.75) is 19.3 Å². The summed E-state index contributed by atoms with van der Waals surface area (Å²) in [7, 11) is -0.440. The first-order chi connectivity index (χ1) is 5.17. The summed E-state index contributed by atoms with van der Waals surface area (Å²) in [6, 6.07) is 0. The molecule has 0 aliphatic carbocycles. The fraction of sp³-hybridized carbons (Fsp3) is 0.857. The molecule has 1 fully saturated rings. The molecule has 1 aliphatic rings. The third-order valence-electron chi connectivity index (χ3n) is 2.05. The van der Waals surface area contributed by atoms with Crippen LogP contribution in [0, 0.1) is 0 Å². The highest BCUT2D eigenvalue weighted by atomic mass is 32.2. The van der Waals surface area contributed by atoms with E-state index in [9.17, 15) is 4.21 Å². The molecule has 0 aromatic carbocycles. The fourth-order valence-corrected chi connectivity index (χ4v) is 2.40. The lowest BCUT2D eigenvalue weighted by Gasteiger charge is -2.28. The Morgan fingerprint density at radius 3 is 2.36 bits per heavy atom. The summed E-state index contributed by atoms with van der Waals surface area (Å²) in [5.74, 6) is 3.65. The average molecular weight is 176 g/mol. The first-order valence-corrected chi connectivity index (χ1v) is 5.66. The number of rotatable bonds is 2. The minimum absolute atomic E-state index is 0.920. The van der Waals surface area contributed by atoms with Crippen molar-refractivity contribution >= 4 is 15.8 Å². The molecule has 1 unspecified atom stereocenters. The molecule has 0 bridgehead atoms. The first-order valence-electron chi connectivity index (χ1n) is 3.97. The molecule has 1 rings (SSSR count). The van der Waals surface area contributed by atoms with Gasteiger partial charge < -0.3 is 0 Å². The van der Waals surface area contributed by atoms with Gasteiger partial charge in [0.25, 0.3) is 0 Å². The van der Waals surface area contributed by atoms with Crippen LogP contribution in [-0.4, -0.2) is 34.5 Å². The minimum atomic E-state index is -2.14. The Bertz CT molecular complexity index is 204. The van der Waals surface area contributed by atoms with E-state index in [-0.39, 0.29) is 0 Å². The van der Waals surface area contributed by atoms with Gasteiger partial charge in [0.15, 0.2) is 0 Å². The van der Waals surface area contributed by atoms with Crippen LogP contribution >= 0.6 is 0 Å². The van der Waals surface area contributed by atoms with Gasteiger partial charge in [-0.15, -0.1) is 0 Å². The van der Waals surface area contributed by atoms with E-state index in [2.05, 4.69) is 10.6 Å². The summed E-state index contributed by atoms with van der Waals surface area (Å²) < 4.78 is 16.3. The number of hydrogen-bond acceptors (Lipinski definition) is 1. The smallest absolute Gasteiger partial charge is 0.0874 e. The van der Waals surface area contributed by atoms with Crippen molar-refractivity contribution in [3.8, 4) is 0 Å². The van der Waals surface area contributed by atoms with Crippen LogP contribution in [0.15, 0.2) is 0 Å². The Kier molecular flexibility index (Phi) is 2.92. The third kappa shape index (κ3) is 2.18. The second kappa shape index (κ2) is 3.56. The molecule has 0 spiro atoms. The van der Waals surface area contributed by atoms with Crippen LogP contribution in [0.25, 0.3) is 0 Å². The van der Waals surface area contributed by atoms with E-state index in [0.29, 0.717) is 0 Å². The molecule has 1 heterocycles. The summed E-state index contributed by atoms with van der Waals surface area (Å²) in [5, 5.41) is 0. The SMILES string of the molecule is C=S(=O)(NC)N1CCCCC1. The van der Waals surface area contributed by atoms with Crippen molar-refractivity contribution in [3.05, 3.63) is 0 Å². The van der Waals surface area contributed by atoms with Gasteiger partial charge in [0.1, 0.15) is 0 Å². The Labute approximate surface area is 69.0 Å². The van der Waals surface area contributed by atoms with E-state index in [1.165, 1.54) is 6.42 Å². The maximum Gasteiger partial charge on any atom is 0.0874 e. The zero-order chi connectivity index (χ0) is 8.32. The predicted molar refractivity (Wildman–Crippen MR) is 49.7 cm³/mol. The topological polar surface area (TPSA) is 32.3 Å². The van der Waals surface area contributed by atoms with Gasteiger partial charge in [-0.3, -0.25) is 0 Å². The number of nitrogens with zero attached hydrogens (tertiary/aromatic N) is 1. The maximum absolute atomic E-state index is 11.6. The van der Waals surface area contributed by atoms with Crippen LogP contribution < -0.4 is 4.72 Å². The van der Waals surface area contributed by atoms with Crippen molar-refractivity contribution in [2.75, 3.05) is 20.1 Å². The monoisotopic (exact) mass is 176 g/mol. The van der Waals surface area contributed by atoms with E-state index in [0.717, 1.165) is 25.9 Å². The fourth-order valence-electron chi connectivity index (χ4n) is 1.29. The van der Waals surface area contributed by atoms with Crippen LogP contribution in [0.2, 0.25) is 0 Å². The van der Waals surface area contributed by atoms with Crippen molar-refractivity contribution in [1.82, 2.24) is 9.03 Å². The summed E-state index contributed by atoms with van der Waals surface area (Å²) in [4.78, 5) is 0. The Morgan fingerprint density at radius 1 is 1.36 bits per heavy atom. The van der Waals surface area contributed by atoms with Crippen LogP contribution in [0.3, 0.4) is 0 Å². The molecule has 0 radical (unpaired) electrons. The second-order valence-electron chi connectivity index (χ2n) is 2.83. The molecule has 1 atom stereocenters. The summed E-state index contributed by atoms with van der Waals surface area (Å²) in [6.07, 6.45) is 3.55. The normalized spacial score (nSPS) is 26.3. The highest BCUT2D eigenvalue weighted by molar-refractivity contribution is 7.96. The van der Waals surface area contributed by atoms with Crippen LogP contribution in [0.4, 0.5) is 0 Å². The highest BCUT2D eigenvalue weighted by Gasteiger charge is 2.16. The Morgan fingerprint density at radius 2 is 1.91 bits per heavy atom. The van der Waals surface area contributed by atoms with Crippen molar-refractivity contribution in [2.24, 2.45) is 0 Å². The number of hydrogen-bond donors (Lipinski definition) is 1. The van der Waals surface area contributed by atoms with Crippen molar-refractivity contribution < 1.29 is 4.21 Å². The molecule has 4 heteroatoms. The molecule has 0 saturated carbocycles. The van der Waals surface area contributed by atoms with E-state index >= 15 is 0 Å². The molecule has 11 heavy (non-hydrogen) atoms. The van der Waals surface area contributed by atoms with Gasteiger partial charge in [0.05, 0.1) is 9.89 Å². The second-order valence-corrected chi connectivity index (χ2v) is 5.04. The molecule has 0 aromatic rings. The van der Waals surface area contributed by atoms with Gasteiger partial charge in [-0.2, -0.15) is 0 Å². The molecular formula is C7H16N2OS. The van der Waals surface area contributed by atoms with E-state index < -0.39 is 9.89 Å². The van der Waals surface area contributed by atoms with Crippen molar-refractivity contribution in [1.29, 1.82) is 0 Å². The van der Waals surface area contributed by atoms with Gasteiger partial charge in [-0.1, -0.05) is 6.42 Å². The van der Waals surface area contributed by atoms with Crippen molar-refractivity contribution in [3.63, 3.8) is 0 Å². The lowest BCUT2D eigenvalue weighted by atomic mass is 10.2. The maximum atomic E-state index is 11.6. The molecule has 3 nitrogen and oxygen atoms in total. The third-order valence-corrected chi connectivity index (χ3v) is 3.89. The highest BCUT2D eigenvalue weighted by Crippen LogP contribution is 2.10. The van der Waals surface area contributed by atoms with Crippen LogP contribution in [0.5, 0.6) is 0 Å². The molecule has 66 valence electrons. The van der Waals surface area contributed by atoms with Gasteiger partial charge in [-0.05, 0) is 25.8 Å². The molecule has 1 aliphatic heterocycles. The zero-order valence-electron chi connectivity index (χ0n) is 7.01. The van der Waals surface area contributed by atoms with E-state index in [1.807, 2.05) is 4.31 Å². The standard InChI is InChI=1S/C7H16N2OS/c1-8-11(2,10)9-6-4-3-5-7-9/h2-7H2,1H3,(H,8,10). The minimum Gasteiger partial charge on any atom is -0.237 e. The van der Waals surface area contributed by atoms with E-state index in [4.69, 9.17) is 0 Å². The molecule has 1 saturated heterocycles. The quantitative estimate of drug-likeness (QED) is 0.601. The lowest BCUT2D eigenvalue weighted by molar-refractivity contribution is 0.362. The van der Waals surface area contributed by atoms with Crippen LogP contribution in [-0.2, 0) is 9.89 Å². The number of piperidine rings is 1.